The van der Waals surface area contributed by atoms with E-state index in [1.807, 2.05) is 30.1 Å². The first-order valence-corrected chi connectivity index (χ1v) is 9.93. The zero-order chi connectivity index (χ0) is 18.1. The van der Waals surface area contributed by atoms with Gasteiger partial charge in [-0.05, 0) is 57.0 Å². The van der Waals surface area contributed by atoms with E-state index in [2.05, 4.69) is 5.32 Å². The van der Waals surface area contributed by atoms with Crippen LogP contribution in [0.2, 0.25) is 0 Å². The molecule has 26 heavy (non-hydrogen) atoms. The highest BCUT2D eigenvalue weighted by Crippen LogP contribution is 2.32. The van der Waals surface area contributed by atoms with Crippen molar-refractivity contribution in [3.63, 3.8) is 0 Å². The van der Waals surface area contributed by atoms with Crippen molar-refractivity contribution in [3.8, 4) is 11.5 Å². The summed E-state index contributed by atoms with van der Waals surface area (Å²) >= 11 is 1.68. The topological polar surface area (TPSA) is 50.8 Å². The Balaban J connectivity index is 0.00000338. The number of ether oxygens (including phenoxy) is 2. The number of carbonyl (C=O) groups is 1. The number of thioether (sulfide) groups is 1. The van der Waals surface area contributed by atoms with Crippen molar-refractivity contribution in [1.29, 1.82) is 0 Å². The highest BCUT2D eigenvalue weighted by molar-refractivity contribution is 7.99. The molecule has 1 saturated heterocycles. The molecule has 1 amide bonds. The summed E-state index contributed by atoms with van der Waals surface area (Å²) in [6.45, 7) is 2.89. The van der Waals surface area contributed by atoms with Gasteiger partial charge >= 0.3 is 0 Å². The number of likely N-dealkylation sites (tertiary alicyclic amines) is 1. The van der Waals surface area contributed by atoms with Crippen molar-refractivity contribution in [2.24, 2.45) is 5.92 Å². The summed E-state index contributed by atoms with van der Waals surface area (Å²) in [6.07, 6.45) is 4.07. The maximum absolute atomic E-state index is 12.4. The Bertz CT molecular complexity index is 552. The molecule has 1 aromatic rings. The highest BCUT2D eigenvalue weighted by atomic mass is 35.5. The number of nitrogens with one attached hydrogen (secondary N) is 1. The van der Waals surface area contributed by atoms with Gasteiger partial charge in [-0.3, -0.25) is 4.79 Å². The Morgan fingerprint density at radius 2 is 1.92 bits per heavy atom. The predicted octanol–water partition coefficient (Wildman–Crippen LogP) is 3.46. The van der Waals surface area contributed by atoms with Crippen molar-refractivity contribution in [1.82, 2.24) is 10.2 Å². The molecule has 0 spiro atoms. The fourth-order valence-corrected chi connectivity index (χ4v) is 4.01. The Morgan fingerprint density at radius 3 is 2.54 bits per heavy atom. The van der Waals surface area contributed by atoms with E-state index in [0.717, 1.165) is 60.5 Å². The van der Waals surface area contributed by atoms with Crippen molar-refractivity contribution in [2.75, 3.05) is 46.7 Å². The first kappa shape index (κ1) is 22.9. The SMILES string of the molecule is CNCCC1CCN(C(=O)CCSc2ccc(OC)c(OC)c2)CC1.Cl. The first-order valence-electron chi connectivity index (χ1n) is 8.95. The van der Waals surface area contributed by atoms with Gasteiger partial charge in [0.2, 0.25) is 5.91 Å². The molecule has 1 aliphatic heterocycles. The number of halogens is 1. The molecule has 2 rings (SSSR count). The van der Waals surface area contributed by atoms with E-state index in [0.29, 0.717) is 6.42 Å². The van der Waals surface area contributed by atoms with Gasteiger partial charge in [0.15, 0.2) is 11.5 Å². The normalized spacial score (nSPS) is 14.7. The molecule has 0 bridgehead atoms. The number of piperidine rings is 1. The summed E-state index contributed by atoms with van der Waals surface area (Å²) in [7, 11) is 5.26. The second-order valence-electron chi connectivity index (χ2n) is 6.33. The zero-order valence-electron chi connectivity index (χ0n) is 16.0. The summed E-state index contributed by atoms with van der Waals surface area (Å²) in [5.41, 5.74) is 0. The van der Waals surface area contributed by atoms with Crippen LogP contribution in [0.1, 0.15) is 25.7 Å². The lowest BCUT2D eigenvalue weighted by Gasteiger charge is -2.32. The van der Waals surface area contributed by atoms with Crippen LogP contribution in [0.3, 0.4) is 0 Å². The monoisotopic (exact) mass is 402 g/mol. The minimum absolute atomic E-state index is 0. The third-order valence-corrected chi connectivity index (χ3v) is 5.70. The van der Waals surface area contributed by atoms with Gasteiger partial charge in [0.25, 0.3) is 0 Å². The lowest BCUT2D eigenvalue weighted by molar-refractivity contribution is -0.132. The smallest absolute Gasteiger partial charge is 0.223 e. The summed E-state index contributed by atoms with van der Waals surface area (Å²) in [4.78, 5) is 15.5. The summed E-state index contributed by atoms with van der Waals surface area (Å²) in [5.74, 6) is 3.28. The molecule has 0 unspecified atom stereocenters. The van der Waals surface area contributed by atoms with Gasteiger partial charge in [-0.15, -0.1) is 24.2 Å². The molecule has 0 atom stereocenters. The maximum Gasteiger partial charge on any atom is 0.223 e. The molecule has 1 N–H and O–H groups in total. The molecule has 1 fully saturated rings. The Hall–Kier alpha value is -1.11. The lowest BCUT2D eigenvalue weighted by atomic mass is 9.93. The number of hydrogen-bond acceptors (Lipinski definition) is 5. The van der Waals surface area contributed by atoms with E-state index in [4.69, 9.17) is 9.47 Å². The second kappa shape index (κ2) is 12.3. The molecule has 1 heterocycles. The summed E-state index contributed by atoms with van der Waals surface area (Å²) in [6, 6.07) is 5.86. The molecule has 1 aromatic carbocycles. The molecular weight excluding hydrogens is 372 g/mol. The zero-order valence-corrected chi connectivity index (χ0v) is 17.6. The van der Waals surface area contributed by atoms with Crippen LogP contribution < -0.4 is 14.8 Å². The molecule has 0 aromatic heterocycles. The van der Waals surface area contributed by atoms with Crippen LogP contribution in [0, 0.1) is 5.92 Å². The molecule has 0 radical (unpaired) electrons. The first-order chi connectivity index (χ1) is 12.2. The van der Waals surface area contributed by atoms with E-state index < -0.39 is 0 Å². The van der Waals surface area contributed by atoms with Gasteiger partial charge < -0.3 is 19.7 Å². The molecule has 1 aliphatic rings. The third kappa shape index (κ3) is 6.89. The van der Waals surface area contributed by atoms with Gasteiger partial charge in [-0.1, -0.05) is 0 Å². The molecule has 5 nitrogen and oxygen atoms in total. The van der Waals surface area contributed by atoms with E-state index in [1.54, 1.807) is 26.0 Å². The van der Waals surface area contributed by atoms with E-state index in [-0.39, 0.29) is 18.3 Å². The number of methoxy groups -OCH3 is 2. The van der Waals surface area contributed by atoms with Crippen LogP contribution in [0.25, 0.3) is 0 Å². The highest BCUT2D eigenvalue weighted by Gasteiger charge is 2.22. The van der Waals surface area contributed by atoms with Gasteiger partial charge in [0.1, 0.15) is 0 Å². The van der Waals surface area contributed by atoms with Crippen molar-refractivity contribution in [2.45, 2.75) is 30.6 Å². The van der Waals surface area contributed by atoms with Crippen LogP contribution in [-0.4, -0.2) is 57.5 Å². The van der Waals surface area contributed by atoms with E-state index >= 15 is 0 Å². The lowest BCUT2D eigenvalue weighted by Crippen LogP contribution is -2.39. The maximum atomic E-state index is 12.4. The van der Waals surface area contributed by atoms with Crippen molar-refractivity contribution in [3.05, 3.63) is 18.2 Å². The number of amides is 1. The molecule has 148 valence electrons. The third-order valence-electron chi connectivity index (χ3n) is 4.71. The van der Waals surface area contributed by atoms with Crippen LogP contribution in [0.4, 0.5) is 0 Å². The fourth-order valence-electron chi connectivity index (χ4n) is 3.14. The van der Waals surface area contributed by atoms with Crippen molar-refractivity contribution < 1.29 is 14.3 Å². The minimum atomic E-state index is 0. The fraction of sp³-hybridized carbons (Fsp3) is 0.632. The Kier molecular flexibility index (Phi) is 10.9. The van der Waals surface area contributed by atoms with E-state index in [9.17, 15) is 4.79 Å². The van der Waals surface area contributed by atoms with Gasteiger partial charge in [-0.2, -0.15) is 0 Å². The average Bonchev–Trinajstić information content (AvgIpc) is 2.66. The molecule has 7 heteroatoms. The van der Waals surface area contributed by atoms with Gasteiger partial charge in [-0.25, -0.2) is 0 Å². The average molecular weight is 403 g/mol. The molecule has 0 aliphatic carbocycles. The van der Waals surface area contributed by atoms with E-state index in [1.165, 1.54) is 6.42 Å². The van der Waals surface area contributed by atoms with Crippen LogP contribution in [0.15, 0.2) is 23.1 Å². The standard InChI is InChI=1S/C19H30N2O3S.ClH/c1-20-10-6-15-7-11-21(12-8-15)19(22)9-13-25-16-4-5-17(23-2)18(14-16)24-3;/h4-5,14-15,20H,6-13H2,1-3H3;1H. The van der Waals surface area contributed by atoms with Crippen LogP contribution >= 0.6 is 24.2 Å². The van der Waals surface area contributed by atoms with Crippen LogP contribution in [0.5, 0.6) is 11.5 Å². The minimum Gasteiger partial charge on any atom is -0.493 e. The Labute approximate surface area is 167 Å². The predicted molar refractivity (Wildman–Crippen MR) is 110 cm³/mol. The van der Waals surface area contributed by atoms with Crippen LogP contribution in [-0.2, 0) is 4.79 Å². The number of carbonyl (C=O) groups excluding carboxylic acids is 1. The van der Waals surface area contributed by atoms with Gasteiger partial charge in [0.05, 0.1) is 14.2 Å². The quantitative estimate of drug-likeness (QED) is 0.641. The number of benzene rings is 1. The molecule has 0 saturated carbocycles. The Morgan fingerprint density at radius 1 is 1.23 bits per heavy atom. The second-order valence-corrected chi connectivity index (χ2v) is 7.50. The van der Waals surface area contributed by atoms with Crippen molar-refractivity contribution >= 4 is 30.1 Å². The number of nitrogens with zero attached hydrogens (tertiary/aromatic N) is 1. The number of hydrogen-bond donors (Lipinski definition) is 1. The largest absolute Gasteiger partial charge is 0.493 e. The number of rotatable bonds is 9. The van der Waals surface area contributed by atoms with Gasteiger partial charge in [0, 0.05) is 30.2 Å². The summed E-state index contributed by atoms with van der Waals surface area (Å²) in [5, 5.41) is 3.21. The summed E-state index contributed by atoms with van der Waals surface area (Å²) < 4.78 is 10.6. The molecular formula is C19H31ClN2O3S.